The number of carboxylic acid groups (broad SMARTS) is 1. The maximum Gasteiger partial charge on any atom is 0.339 e. The normalized spacial score (nSPS) is 19.9. The summed E-state index contributed by atoms with van der Waals surface area (Å²) >= 11 is 0. The highest BCUT2D eigenvalue weighted by Crippen LogP contribution is 2.25. The molecule has 1 aromatic rings. The van der Waals surface area contributed by atoms with Gasteiger partial charge >= 0.3 is 5.97 Å². The number of benzene rings is 1. The minimum atomic E-state index is -1.00. The minimum Gasteiger partial charge on any atom is -0.496 e. The summed E-state index contributed by atoms with van der Waals surface area (Å²) in [7, 11) is 1.46. The number of rotatable bonds is 5. The van der Waals surface area contributed by atoms with Gasteiger partial charge in [-0.05, 0) is 30.5 Å². The van der Waals surface area contributed by atoms with Crippen molar-refractivity contribution in [2.24, 2.45) is 0 Å². The first-order chi connectivity index (χ1) is 12.1. The number of nitrogens with zero attached hydrogens (tertiary/aromatic N) is 2. The van der Waals surface area contributed by atoms with Gasteiger partial charge in [0.1, 0.15) is 11.3 Å². The Hall–Kier alpha value is -2.08. The number of amides is 1. The van der Waals surface area contributed by atoms with E-state index in [-0.39, 0.29) is 11.5 Å². The second kappa shape index (κ2) is 7.87. The van der Waals surface area contributed by atoms with Crippen LogP contribution in [-0.2, 0) is 11.3 Å². The summed E-state index contributed by atoms with van der Waals surface area (Å²) in [5, 5.41) is 9.29. The summed E-state index contributed by atoms with van der Waals surface area (Å²) in [5.41, 5.74) is 1.05. The molecule has 2 aliphatic rings. The van der Waals surface area contributed by atoms with Gasteiger partial charge in [-0.3, -0.25) is 9.69 Å². The lowest BCUT2D eigenvalue weighted by atomic mass is 9.93. The van der Waals surface area contributed by atoms with Gasteiger partial charge in [0.25, 0.3) is 0 Å². The molecule has 1 heterocycles. The van der Waals surface area contributed by atoms with Crippen LogP contribution in [-0.4, -0.2) is 59.6 Å². The molecule has 2 fully saturated rings. The van der Waals surface area contributed by atoms with Gasteiger partial charge in [0.2, 0.25) is 5.91 Å². The number of carboxylic acids is 1. The van der Waals surface area contributed by atoms with Crippen molar-refractivity contribution < 1.29 is 19.4 Å². The molecule has 1 aromatic carbocycles. The van der Waals surface area contributed by atoms with E-state index in [1.165, 1.54) is 26.4 Å². The van der Waals surface area contributed by atoms with E-state index in [1.807, 2.05) is 6.07 Å². The van der Waals surface area contributed by atoms with Crippen LogP contribution >= 0.6 is 0 Å². The molecule has 1 saturated carbocycles. The standard InChI is InChI=1S/C19H26N2O4/c1-25-17-8-7-14(11-16(17)19(23)24)12-20-9-10-21(18(22)13-20)15-5-3-2-4-6-15/h7-8,11,15H,2-6,9-10,12-13H2,1H3,(H,23,24). The highest BCUT2D eigenvalue weighted by atomic mass is 16.5. The molecule has 1 aliphatic heterocycles. The van der Waals surface area contributed by atoms with E-state index >= 15 is 0 Å². The summed E-state index contributed by atoms with van der Waals surface area (Å²) in [6, 6.07) is 5.60. The number of hydrogen-bond acceptors (Lipinski definition) is 4. The third-order valence-corrected chi connectivity index (χ3v) is 5.25. The molecule has 0 unspecified atom stereocenters. The van der Waals surface area contributed by atoms with Gasteiger partial charge in [0.15, 0.2) is 0 Å². The lowest BCUT2D eigenvalue weighted by Crippen LogP contribution is -2.54. The van der Waals surface area contributed by atoms with Crippen molar-refractivity contribution >= 4 is 11.9 Å². The Morgan fingerprint density at radius 3 is 2.64 bits per heavy atom. The third-order valence-electron chi connectivity index (χ3n) is 5.25. The molecule has 136 valence electrons. The zero-order valence-electron chi connectivity index (χ0n) is 14.7. The molecular weight excluding hydrogens is 320 g/mol. The molecule has 1 amide bonds. The number of methoxy groups -OCH3 is 1. The van der Waals surface area contributed by atoms with E-state index in [2.05, 4.69) is 9.80 Å². The molecular formula is C19H26N2O4. The van der Waals surface area contributed by atoms with E-state index in [0.29, 0.717) is 24.9 Å². The maximum atomic E-state index is 12.5. The quantitative estimate of drug-likeness (QED) is 0.886. The molecule has 1 N–H and O–H groups in total. The second-order valence-electron chi connectivity index (χ2n) is 6.93. The molecule has 1 saturated heterocycles. The van der Waals surface area contributed by atoms with Gasteiger partial charge in [-0.15, -0.1) is 0 Å². The third kappa shape index (κ3) is 4.12. The van der Waals surface area contributed by atoms with Gasteiger partial charge in [0, 0.05) is 25.7 Å². The Kier molecular flexibility index (Phi) is 5.58. The molecule has 0 radical (unpaired) electrons. The summed E-state index contributed by atoms with van der Waals surface area (Å²) in [4.78, 5) is 28.0. The maximum absolute atomic E-state index is 12.5. The van der Waals surface area contributed by atoms with Crippen molar-refractivity contribution in [1.29, 1.82) is 0 Å². The van der Waals surface area contributed by atoms with Gasteiger partial charge in [-0.1, -0.05) is 25.3 Å². The van der Waals surface area contributed by atoms with E-state index < -0.39 is 5.97 Å². The SMILES string of the molecule is COc1ccc(CN2CCN(C3CCCCC3)C(=O)C2)cc1C(=O)O. The van der Waals surface area contributed by atoms with Crippen molar-refractivity contribution in [3.05, 3.63) is 29.3 Å². The van der Waals surface area contributed by atoms with Crippen molar-refractivity contribution in [3.63, 3.8) is 0 Å². The summed E-state index contributed by atoms with van der Waals surface area (Å²) in [6.45, 7) is 2.58. The van der Waals surface area contributed by atoms with E-state index in [1.54, 1.807) is 12.1 Å². The number of aromatic carboxylic acids is 1. The van der Waals surface area contributed by atoms with Crippen LogP contribution in [0, 0.1) is 0 Å². The van der Waals surface area contributed by atoms with Crippen molar-refractivity contribution in [2.75, 3.05) is 26.7 Å². The van der Waals surface area contributed by atoms with Crippen LogP contribution in [0.3, 0.4) is 0 Å². The van der Waals surface area contributed by atoms with Crippen LogP contribution in [0.25, 0.3) is 0 Å². The van der Waals surface area contributed by atoms with Crippen molar-refractivity contribution in [3.8, 4) is 5.75 Å². The molecule has 6 nitrogen and oxygen atoms in total. The predicted molar refractivity (Wildman–Crippen MR) is 93.8 cm³/mol. The smallest absolute Gasteiger partial charge is 0.339 e. The van der Waals surface area contributed by atoms with Crippen LogP contribution in [0.15, 0.2) is 18.2 Å². The molecule has 0 bridgehead atoms. The zero-order chi connectivity index (χ0) is 17.8. The number of ether oxygens (including phenoxy) is 1. The molecule has 0 spiro atoms. The van der Waals surface area contributed by atoms with Gasteiger partial charge in [-0.25, -0.2) is 4.79 Å². The molecule has 1 aliphatic carbocycles. The minimum absolute atomic E-state index is 0.159. The lowest BCUT2D eigenvalue weighted by molar-refractivity contribution is -0.139. The largest absolute Gasteiger partial charge is 0.496 e. The average molecular weight is 346 g/mol. The van der Waals surface area contributed by atoms with Crippen LogP contribution in [0.5, 0.6) is 5.75 Å². The van der Waals surface area contributed by atoms with E-state index in [9.17, 15) is 14.7 Å². The predicted octanol–water partition coefficient (Wildman–Crippen LogP) is 2.37. The second-order valence-corrected chi connectivity index (χ2v) is 6.93. The number of carbonyl (C=O) groups excluding carboxylic acids is 1. The van der Waals surface area contributed by atoms with Crippen molar-refractivity contribution in [2.45, 2.75) is 44.7 Å². The van der Waals surface area contributed by atoms with Crippen LogP contribution in [0.1, 0.15) is 48.0 Å². The summed E-state index contributed by atoms with van der Waals surface area (Å²) in [6.07, 6.45) is 6.00. The fraction of sp³-hybridized carbons (Fsp3) is 0.579. The molecule has 0 atom stereocenters. The summed E-state index contributed by atoms with van der Waals surface area (Å²) < 4.78 is 5.09. The number of piperazine rings is 1. The zero-order valence-corrected chi connectivity index (χ0v) is 14.7. The number of hydrogen-bond donors (Lipinski definition) is 1. The highest BCUT2D eigenvalue weighted by molar-refractivity contribution is 5.91. The topological polar surface area (TPSA) is 70.1 Å². The monoisotopic (exact) mass is 346 g/mol. The lowest BCUT2D eigenvalue weighted by Gasteiger charge is -2.40. The van der Waals surface area contributed by atoms with Gasteiger partial charge < -0.3 is 14.7 Å². The molecule has 0 aromatic heterocycles. The first kappa shape index (κ1) is 17.7. The van der Waals surface area contributed by atoms with Crippen molar-refractivity contribution in [1.82, 2.24) is 9.80 Å². The Bertz CT molecular complexity index is 640. The van der Waals surface area contributed by atoms with Crippen LogP contribution in [0.2, 0.25) is 0 Å². The average Bonchev–Trinajstić information content (AvgIpc) is 2.62. The molecule has 25 heavy (non-hydrogen) atoms. The fourth-order valence-electron chi connectivity index (χ4n) is 3.93. The van der Waals surface area contributed by atoms with Crippen LogP contribution < -0.4 is 4.74 Å². The molecule has 6 heteroatoms. The van der Waals surface area contributed by atoms with E-state index in [4.69, 9.17) is 4.74 Å². The first-order valence-corrected chi connectivity index (χ1v) is 9.00. The Morgan fingerprint density at radius 1 is 1.24 bits per heavy atom. The highest BCUT2D eigenvalue weighted by Gasteiger charge is 2.30. The van der Waals surface area contributed by atoms with Gasteiger partial charge in [0.05, 0.1) is 13.7 Å². The van der Waals surface area contributed by atoms with E-state index in [0.717, 1.165) is 31.5 Å². The van der Waals surface area contributed by atoms with Crippen LogP contribution in [0.4, 0.5) is 0 Å². The van der Waals surface area contributed by atoms with Gasteiger partial charge in [-0.2, -0.15) is 0 Å². The summed E-state index contributed by atoms with van der Waals surface area (Å²) in [5.74, 6) is -0.448. The Morgan fingerprint density at radius 2 is 2.00 bits per heavy atom. The Labute approximate surface area is 148 Å². The number of carbonyl (C=O) groups is 2. The molecule has 3 rings (SSSR count). The Balaban J connectivity index is 1.62. The fourth-order valence-corrected chi connectivity index (χ4v) is 3.93. The first-order valence-electron chi connectivity index (χ1n) is 9.00.